The Morgan fingerprint density at radius 3 is 1.45 bits per heavy atom. The van der Waals surface area contributed by atoms with Gasteiger partial charge in [0.1, 0.15) is 47.1 Å². The molecule has 4 heterocycles. The van der Waals surface area contributed by atoms with Crippen molar-refractivity contribution in [2.24, 2.45) is 0 Å². The molecule has 4 aromatic heterocycles. The number of para-hydroxylation sites is 2. The smallest absolute Gasteiger partial charge is 0.183 e. The van der Waals surface area contributed by atoms with Gasteiger partial charge in [-0.15, -0.1) is 10.2 Å². The largest absolute Gasteiger partial charge is 0.471 e. The molecule has 232 valence electrons. The molecule has 0 spiro atoms. The molecule has 13 nitrogen and oxygen atoms in total. The van der Waals surface area contributed by atoms with Gasteiger partial charge in [0, 0.05) is 23.3 Å². The standard InChI is InChI=1S/C34H26N8O5/c1-3-7-33-29(5-1)35-39-41(33)21-44-25-13-9-23(10-14-25)31-17-27(46-37-31)19-43-20-28-18-32(38-47-28)24-11-15-26(16-12-24)45-22-42-34-8-4-2-6-30(34)36-40-42/h1-18H,19-22H2. The fraction of sp³-hybridized carbons (Fsp3) is 0.118. The van der Waals surface area contributed by atoms with E-state index in [1.54, 1.807) is 9.36 Å². The molecule has 8 rings (SSSR count). The minimum atomic E-state index is 0.225. The molecule has 0 radical (unpaired) electrons. The van der Waals surface area contributed by atoms with Crippen molar-refractivity contribution >= 4 is 22.1 Å². The summed E-state index contributed by atoms with van der Waals surface area (Å²) < 4.78 is 32.0. The lowest BCUT2D eigenvalue weighted by Crippen LogP contribution is -2.06. The van der Waals surface area contributed by atoms with Gasteiger partial charge in [0.2, 0.25) is 0 Å². The van der Waals surface area contributed by atoms with Crippen LogP contribution < -0.4 is 9.47 Å². The van der Waals surface area contributed by atoms with Crippen LogP contribution in [0.25, 0.3) is 44.6 Å². The second kappa shape index (κ2) is 12.6. The van der Waals surface area contributed by atoms with Gasteiger partial charge in [-0.2, -0.15) is 0 Å². The van der Waals surface area contributed by atoms with E-state index in [0.717, 1.165) is 33.2 Å². The number of nitrogens with zero attached hydrogens (tertiary/aromatic N) is 8. The second-order valence-electron chi connectivity index (χ2n) is 10.6. The Balaban J connectivity index is 0.810. The number of benzene rings is 4. The molecule has 13 heteroatoms. The van der Waals surface area contributed by atoms with Crippen LogP contribution in [-0.2, 0) is 31.4 Å². The van der Waals surface area contributed by atoms with E-state index < -0.39 is 0 Å². The van der Waals surface area contributed by atoms with Crippen LogP contribution in [0.2, 0.25) is 0 Å². The van der Waals surface area contributed by atoms with Gasteiger partial charge in [0.05, 0.1) is 11.0 Å². The zero-order valence-electron chi connectivity index (χ0n) is 24.8. The first-order valence-electron chi connectivity index (χ1n) is 14.8. The number of fused-ring (bicyclic) bond motifs is 2. The Bertz CT molecular complexity index is 2090. The summed E-state index contributed by atoms with van der Waals surface area (Å²) in [7, 11) is 0. The number of hydrogen-bond acceptors (Lipinski definition) is 11. The molecular weight excluding hydrogens is 600 g/mol. The van der Waals surface area contributed by atoms with Gasteiger partial charge in [-0.25, -0.2) is 9.36 Å². The summed E-state index contributed by atoms with van der Waals surface area (Å²) in [6, 6.07) is 34.4. The normalized spacial score (nSPS) is 11.4. The van der Waals surface area contributed by atoms with Crippen molar-refractivity contribution in [2.75, 3.05) is 0 Å². The first kappa shape index (κ1) is 28.2. The maximum absolute atomic E-state index is 5.89. The van der Waals surface area contributed by atoms with E-state index in [2.05, 4.69) is 30.9 Å². The molecule has 0 fully saturated rings. The third-order valence-electron chi connectivity index (χ3n) is 7.45. The highest BCUT2D eigenvalue weighted by Gasteiger charge is 2.11. The van der Waals surface area contributed by atoms with Crippen LogP contribution in [0.4, 0.5) is 0 Å². The van der Waals surface area contributed by atoms with Crippen molar-refractivity contribution in [3.8, 4) is 34.0 Å². The molecule has 0 aliphatic carbocycles. The number of rotatable bonds is 12. The highest BCUT2D eigenvalue weighted by Crippen LogP contribution is 2.25. The molecule has 0 aliphatic heterocycles. The molecule has 4 aromatic carbocycles. The average Bonchev–Trinajstić information content (AvgIpc) is 3.94. The highest BCUT2D eigenvalue weighted by molar-refractivity contribution is 5.74. The van der Waals surface area contributed by atoms with Crippen molar-refractivity contribution in [1.29, 1.82) is 0 Å². The summed E-state index contributed by atoms with van der Waals surface area (Å²) in [6.07, 6.45) is 0. The molecular formula is C34H26N8O5. The maximum Gasteiger partial charge on any atom is 0.183 e. The van der Waals surface area contributed by atoms with Gasteiger partial charge >= 0.3 is 0 Å². The summed E-state index contributed by atoms with van der Waals surface area (Å²) in [5.41, 5.74) is 6.65. The van der Waals surface area contributed by atoms with E-state index >= 15 is 0 Å². The van der Waals surface area contributed by atoms with E-state index in [1.807, 2.05) is 109 Å². The molecule has 0 saturated carbocycles. The van der Waals surface area contributed by atoms with Crippen LogP contribution in [0.1, 0.15) is 11.5 Å². The first-order valence-corrected chi connectivity index (χ1v) is 14.8. The average molecular weight is 627 g/mol. The minimum absolute atomic E-state index is 0.225. The number of hydrogen-bond donors (Lipinski definition) is 0. The molecule has 0 unspecified atom stereocenters. The summed E-state index contributed by atoms with van der Waals surface area (Å²) in [4.78, 5) is 0. The zero-order valence-corrected chi connectivity index (χ0v) is 24.8. The van der Waals surface area contributed by atoms with Gasteiger partial charge in [-0.05, 0) is 72.8 Å². The Morgan fingerprint density at radius 2 is 0.979 bits per heavy atom. The lowest BCUT2D eigenvalue weighted by Gasteiger charge is -2.07. The number of aromatic nitrogens is 8. The molecule has 0 amide bonds. The van der Waals surface area contributed by atoms with Crippen molar-refractivity contribution in [2.45, 2.75) is 26.7 Å². The third-order valence-corrected chi connectivity index (χ3v) is 7.45. The van der Waals surface area contributed by atoms with E-state index in [-0.39, 0.29) is 26.7 Å². The van der Waals surface area contributed by atoms with Crippen LogP contribution in [0, 0.1) is 0 Å². The van der Waals surface area contributed by atoms with Crippen LogP contribution in [-0.4, -0.2) is 40.3 Å². The fourth-order valence-corrected chi connectivity index (χ4v) is 5.03. The van der Waals surface area contributed by atoms with E-state index in [9.17, 15) is 0 Å². The van der Waals surface area contributed by atoms with Crippen molar-refractivity contribution < 1.29 is 23.3 Å². The van der Waals surface area contributed by atoms with E-state index in [4.69, 9.17) is 23.3 Å². The summed E-state index contributed by atoms with van der Waals surface area (Å²) in [5, 5.41) is 25.0. The predicted molar refractivity (Wildman–Crippen MR) is 169 cm³/mol. The summed E-state index contributed by atoms with van der Waals surface area (Å²) in [5.74, 6) is 2.58. The Kier molecular flexibility index (Phi) is 7.53. The Morgan fingerprint density at radius 1 is 0.532 bits per heavy atom. The van der Waals surface area contributed by atoms with Crippen molar-refractivity contribution in [3.63, 3.8) is 0 Å². The van der Waals surface area contributed by atoms with Gasteiger partial charge in [-0.3, -0.25) is 0 Å². The van der Waals surface area contributed by atoms with Gasteiger partial charge in [-0.1, -0.05) is 45.0 Å². The Labute approximate surface area is 266 Å². The molecule has 0 saturated heterocycles. The van der Waals surface area contributed by atoms with Crippen molar-refractivity contribution in [1.82, 2.24) is 40.3 Å². The lowest BCUT2D eigenvalue weighted by molar-refractivity contribution is 0.0727. The van der Waals surface area contributed by atoms with E-state index in [1.165, 1.54) is 0 Å². The van der Waals surface area contributed by atoms with Crippen LogP contribution in [0.15, 0.2) is 118 Å². The van der Waals surface area contributed by atoms with Crippen LogP contribution >= 0.6 is 0 Å². The van der Waals surface area contributed by atoms with Gasteiger partial charge in [0.25, 0.3) is 0 Å². The van der Waals surface area contributed by atoms with Crippen LogP contribution in [0.5, 0.6) is 11.5 Å². The second-order valence-corrected chi connectivity index (χ2v) is 10.6. The quantitative estimate of drug-likeness (QED) is 0.151. The fourth-order valence-electron chi connectivity index (χ4n) is 5.03. The molecule has 47 heavy (non-hydrogen) atoms. The Hall–Kier alpha value is -6.34. The van der Waals surface area contributed by atoms with Crippen molar-refractivity contribution in [3.05, 3.63) is 121 Å². The summed E-state index contributed by atoms with van der Waals surface area (Å²) >= 11 is 0. The highest BCUT2D eigenvalue weighted by atomic mass is 16.5. The lowest BCUT2D eigenvalue weighted by atomic mass is 10.1. The first-order chi connectivity index (χ1) is 23.2. The minimum Gasteiger partial charge on any atom is -0.471 e. The monoisotopic (exact) mass is 626 g/mol. The molecule has 8 aromatic rings. The van der Waals surface area contributed by atoms with Crippen LogP contribution in [0.3, 0.4) is 0 Å². The topological polar surface area (TPSA) is 141 Å². The number of ether oxygens (including phenoxy) is 3. The predicted octanol–water partition coefficient (Wildman–Crippen LogP) is 6.28. The molecule has 0 aliphatic rings. The molecule has 0 bridgehead atoms. The molecule has 0 N–H and O–H groups in total. The molecule has 0 atom stereocenters. The summed E-state index contributed by atoms with van der Waals surface area (Å²) in [6.45, 7) is 0.956. The SMILES string of the molecule is c1ccc2c(c1)nnn2COc1ccc(-c2cc(COCc3cc(-c4ccc(OCn5nnc6ccccc65)cc4)no3)on2)cc1. The maximum atomic E-state index is 5.89. The third kappa shape index (κ3) is 6.15. The van der Waals surface area contributed by atoms with Gasteiger partial charge < -0.3 is 23.3 Å². The van der Waals surface area contributed by atoms with E-state index in [0.29, 0.717) is 34.4 Å². The van der Waals surface area contributed by atoms with Gasteiger partial charge in [0.15, 0.2) is 25.0 Å². The zero-order chi connectivity index (χ0) is 31.4.